The van der Waals surface area contributed by atoms with Crippen molar-refractivity contribution in [2.24, 2.45) is 0 Å². The lowest BCUT2D eigenvalue weighted by Gasteiger charge is -2.19. The third-order valence-corrected chi connectivity index (χ3v) is 3.35. The molecule has 0 aliphatic heterocycles. The van der Waals surface area contributed by atoms with Gasteiger partial charge < -0.3 is 14.8 Å². The van der Waals surface area contributed by atoms with Crippen LogP contribution in [-0.2, 0) is 11.3 Å². The summed E-state index contributed by atoms with van der Waals surface area (Å²) < 4.78 is 11.1. The lowest BCUT2D eigenvalue weighted by Crippen LogP contribution is -2.32. The summed E-state index contributed by atoms with van der Waals surface area (Å²) in [5, 5.41) is 2.77. The lowest BCUT2D eigenvalue weighted by molar-refractivity contribution is 0.0523. The fraction of sp³-hybridized carbons (Fsp3) is 0.381. The number of carbonyl (C=O) groups excluding carboxylic acids is 1. The highest BCUT2D eigenvalue weighted by atomic mass is 16.6. The molecule has 0 fully saturated rings. The van der Waals surface area contributed by atoms with Crippen LogP contribution in [0.2, 0.25) is 0 Å². The van der Waals surface area contributed by atoms with Crippen molar-refractivity contribution >= 4 is 6.09 Å². The van der Waals surface area contributed by atoms with E-state index in [9.17, 15) is 4.79 Å². The zero-order chi connectivity index (χ0) is 18.4. The number of alkyl carbamates (subject to hydrolysis) is 1. The quantitative estimate of drug-likeness (QED) is 0.816. The summed E-state index contributed by atoms with van der Waals surface area (Å²) in [6, 6.07) is 16.1. The van der Waals surface area contributed by atoms with Crippen molar-refractivity contribution in [2.45, 2.75) is 52.9 Å². The maximum Gasteiger partial charge on any atom is 0.407 e. The normalized spacial score (nSPS) is 11.3. The van der Waals surface area contributed by atoms with E-state index in [1.54, 1.807) is 0 Å². The number of para-hydroxylation sites is 1. The second-order valence-electron chi connectivity index (χ2n) is 7.22. The van der Waals surface area contributed by atoms with Gasteiger partial charge in [-0.15, -0.1) is 0 Å². The molecule has 2 rings (SSSR count). The Morgan fingerprint density at radius 1 is 1.04 bits per heavy atom. The molecule has 0 aliphatic carbocycles. The Morgan fingerprint density at radius 2 is 1.68 bits per heavy atom. The van der Waals surface area contributed by atoms with Crippen molar-refractivity contribution in [3.8, 4) is 16.9 Å². The second kappa shape index (κ2) is 8.06. The molecule has 0 spiro atoms. The van der Waals surface area contributed by atoms with Crippen LogP contribution in [0.4, 0.5) is 4.79 Å². The Morgan fingerprint density at radius 3 is 2.28 bits per heavy atom. The summed E-state index contributed by atoms with van der Waals surface area (Å²) in [7, 11) is 0. The van der Waals surface area contributed by atoms with E-state index in [0.717, 1.165) is 22.4 Å². The van der Waals surface area contributed by atoms with Crippen molar-refractivity contribution in [3.63, 3.8) is 0 Å². The van der Waals surface area contributed by atoms with E-state index in [2.05, 4.69) is 5.32 Å². The maximum absolute atomic E-state index is 11.7. The Kier molecular flexibility index (Phi) is 6.07. The fourth-order valence-electron chi connectivity index (χ4n) is 2.35. The first kappa shape index (κ1) is 18.8. The Labute approximate surface area is 150 Å². The third kappa shape index (κ3) is 6.14. The van der Waals surface area contributed by atoms with Gasteiger partial charge in [0.15, 0.2) is 0 Å². The Hall–Kier alpha value is -2.49. The molecule has 4 nitrogen and oxygen atoms in total. The highest BCUT2D eigenvalue weighted by Crippen LogP contribution is 2.30. The summed E-state index contributed by atoms with van der Waals surface area (Å²) in [6.07, 6.45) is -0.286. The summed E-state index contributed by atoms with van der Waals surface area (Å²) >= 11 is 0. The summed E-state index contributed by atoms with van der Waals surface area (Å²) in [6.45, 7) is 10.00. The number of hydrogen-bond acceptors (Lipinski definition) is 3. The summed E-state index contributed by atoms with van der Waals surface area (Å²) in [4.78, 5) is 11.7. The highest BCUT2D eigenvalue weighted by molar-refractivity contribution is 5.71. The molecule has 0 bridgehead atoms. The van der Waals surface area contributed by atoms with Gasteiger partial charge >= 0.3 is 6.09 Å². The maximum atomic E-state index is 11.7. The van der Waals surface area contributed by atoms with Crippen LogP contribution in [0.15, 0.2) is 48.5 Å². The SMILES string of the molecule is CC(C)Oc1ccccc1-c1ccc(CNC(=O)OC(C)(C)C)cc1. The number of hydrogen-bond donors (Lipinski definition) is 1. The minimum Gasteiger partial charge on any atom is -0.490 e. The molecule has 0 saturated carbocycles. The molecule has 0 unspecified atom stereocenters. The molecule has 25 heavy (non-hydrogen) atoms. The topological polar surface area (TPSA) is 47.6 Å². The number of amides is 1. The van der Waals surface area contributed by atoms with Crippen molar-refractivity contribution in [1.82, 2.24) is 5.32 Å². The predicted molar refractivity (Wildman–Crippen MR) is 101 cm³/mol. The van der Waals surface area contributed by atoms with E-state index in [0.29, 0.717) is 6.54 Å². The first-order valence-electron chi connectivity index (χ1n) is 8.56. The molecule has 0 heterocycles. The molecule has 0 aliphatic rings. The molecular formula is C21H27NO3. The van der Waals surface area contributed by atoms with Crippen LogP contribution >= 0.6 is 0 Å². The number of ether oxygens (including phenoxy) is 2. The number of benzene rings is 2. The average Bonchev–Trinajstić information content (AvgIpc) is 2.52. The number of rotatable bonds is 5. The first-order chi connectivity index (χ1) is 11.7. The van der Waals surface area contributed by atoms with E-state index in [1.165, 1.54) is 0 Å². The van der Waals surface area contributed by atoms with Gasteiger partial charge in [0.1, 0.15) is 11.4 Å². The smallest absolute Gasteiger partial charge is 0.407 e. The minimum atomic E-state index is -0.492. The molecular weight excluding hydrogens is 314 g/mol. The van der Waals surface area contributed by atoms with E-state index >= 15 is 0 Å². The fourth-order valence-corrected chi connectivity index (χ4v) is 2.35. The van der Waals surface area contributed by atoms with Gasteiger partial charge in [-0.3, -0.25) is 0 Å². The van der Waals surface area contributed by atoms with Gasteiger partial charge in [-0.1, -0.05) is 42.5 Å². The molecule has 0 saturated heterocycles. The Bertz CT molecular complexity index is 700. The van der Waals surface area contributed by atoms with Crippen LogP contribution in [-0.4, -0.2) is 17.8 Å². The van der Waals surface area contributed by atoms with Gasteiger partial charge in [0, 0.05) is 12.1 Å². The standard InChI is InChI=1S/C21H27NO3/c1-15(2)24-19-9-7-6-8-18(19)17-12-10-16(11-13-17)14-22-20(23)25-21(3,4)5/h6-13,15H,14H2,1-5H3,(H,22,23). The minimum absolute atomic E-state index is 0.124. The molecule has 0 aromatic heterocycles. The van der Waals surface area contributed by atoms with E-state index in [4.69, 9.17) is 9.47 Å². The van der Waals surface area contributed by atoms with Gasteiger partial charge in [0.2, 0.25) is 0 Å². The third-order valence-electron chi connectivity index (χ3n) is 3.35. The van der Waals surface area contributed by atoms with E-state index in [1.807, 2.05) is 83.1 Å². The lowest BCUT2D eigenvalue weighted by atomic mass is 10.0. The molecule has 2 aromatic carbocycles. The van der Waals surface area contributed by atoms with Crippen molar-refractivity contribution in [1.29, 1.82) is 0 Å². The molecule has 2 aromatic rings. The van der Waals surface area contributed by atoms with Gasteiger partial charge in [-0.2, -0.15) is 0 Å². The van der Waals surface area contributed by atoms with Crippen LogP contribution in [0.25, 0.3) is 11.1 Å². The largest absolute Gasteiger partial charge is 0.490 e. The number of carbonyl (C=O) groups is 1. The van der Waals surface area contributed by atoms with Crippen LogP contribution in [0.5, 0.6) is 5.75 Å². The Balaban J connectivity index is 2.04. The molecule has 1 N–H and O–H groups in total. The highest BCUT2D eigenvalue weighted by Gasteiger charge is 2.15. The first-order valence-corrected chi connectivity index (χ1v) is 8.56. The number of nitrogens with one attached hydrogen (secondary N) is 1. The van der Waals surface area contributed by atoms with Crippen LogP contribution in [0.1, 0.15) is 40.2 Å². The predicted octanol–water partition coefficient (Wildman–Crippen LogP) is 5.17. The van der Waals surface area contributed by atoms with Crippen LogP contribution in [0, 0.1) is 0 Å². The zero-order valence-electron chi connectivity index (χ0n) is 15.6. The van der Waals surface area contributed by atoms with Crippen molar-refractivity contribution in [2.75, 3.05) is 0 Å². The molecule has 134 valence electrons. The molecule has 0 radical (unpaired) electrons. The van der Waals surface area contributed by atoms with Crippen molar-refractivity contribution in [3.05, 3.63) is 54.1 Å². The summed E-state index contributed by atoms with van der Waals surface area (Å²) in [5.74, 6) is 0.872. The molecule has 0 atom stereocenters. The monoisotopic (exact) mass is 341 g/mol. The van der Waals surface area contributed by atoms with E-state index < -0.39 is 11.7 Å². The van der Waals surface area contributed by atoms with Gasteiger partial charge in [0.25, 0.3) is 0 Å². The molecule has 1 amide bonds. The summed E-state index contributed by atoms with van der Waals surface area (Å²) in [5.41, 5.74) is 2.66. The van der Waals surface area contributed by atoms with Gasteiger partial charge in [0.05, 0.1) is 6.10 Å². The zero-order valence-corrected chi connectivity index (χ0v) is 15.6. The van der Waals surface area contributed by atoms with Gasteiger partial charge in [-0.25, -0.2) is 4.79 Å². The van der Waals surface area contributed by atoms with Crippen LogP contribution < -0.4 is 10.1 Å². The second-order valence-corrected chi connectivity index (χ2v) is 7.22. The van der Waals surface area contributed by atoms with Crippen molar-refractivity contribution < 1.29 is 14.3 Å². The van der Waals surface area contributed by atoms with E-state index in [-0.39, 0.29) is 6.10 Å². The molecule has 4 heteroatoms. The van der Waals surface area contributed by atoms with Crippen LogP contribution in [0.3, 0.4) is 0 Å². The average molecular weight is 341 g/mol. The van der Waals surface area contributed by atoms with Gasteiger partial charge in [-0.05, 0) is 51.8 Å².